The van der Waals surface area contributed by atoms with E-state index in [2.05, 4.69) is 36.6 Å². The van der Waals surface area contributed by atoms with Crippen LogP contribution in [0, 0.1) is 20.8 Å². The van der Waals surface area contributed by atoms with Crippen molar-refractivity contribution in [3.8, 4) is 0 Å². The molecule has 0 aliphatic carbocycles. The van der Waals surface area contributed by atoms with Gasteiger partial charge in [-0.2, -0.15) is 10.2 Å². The molecule has 0 saturated heterocycles. The summed E-state index contributed by atoms with van der Waals surface area (Å²) in [6.07, 6.45) is 2.63. The van der Waals surface area contributed by atoms with Gasteiger partial charge in [-0.05, 0) is 50.0 Å². The van der Waals surface area contributed by atoms with Gasteiger partial charge < -0.3 is 10.2 Å². The van der Waals surface area contributed by atoms with E-state index in [1.165, 1.54) is 0 Å². The van der Waals surface area contributed by atoms with Crippen molar-refractivity contribution in [1.29, 1.82) is 0 Å². The molecule has 2 aromatic heterocycles. The lowest BCUT2D eigenvalue weighted by Crippen LogP contribution is -2.35. The molecule has 1 atom stereocenters. The number of hydrogen-bond acceptors (Lipinski definition) is 5. The molecule has 0 spiro atoms. The van der Waals surface area contributed by atoms with Crippen LogP contribution in [0.4, 0.5) is 0 Å². The SMILES string of the molecule is CCn1cc(C2=NOC(C(=O)NCCCn3nc(C)c(Br)c3C)C2)c(C)n1. The van der Waals surface area contributed by atoms with Crippen molar-refractivity contribution in [2.75, 3.05) is 6.54 Å². The van der Waals surface area contributed by atoms with Crippen LogP contribution in [0.2, 0.25) is 0 Å². The molecule has 1 aliphatic rings. The number of carbonyl (C=O) groups is 1. The largest absolute Gasteiger partial charge is 0.382 e. The van der Waals surface area contributed by atoms with E-state index >= 15 is 0 Å². The molecule has 146 valence electrons. The molecule has 1 unspecified atom stereocenters. The summed E-state index contributed by atoms with van der Waals surface area (Å²) < 4.78 is 4.85. The van der Waals surface area contributed by atoms with E-state index in [-0.39, 0.29) is 5.91 Å². The second kappa shape index (κ2) is 8.24. The summed E-state index contributed by atoms with van der Waals surface area (Å²) in [5.41, 5.74) is 4.69. The lowest BCUT2D eigenvalue weighted by Gasteiger charge is -2.10. The van der Waals surface area contributed by atoms with Gasteiger partial charge in [0.25, 0.3) is 5.91 Å². The Morgan fingerprint density at radius 3 is 2.74 bits per heavy atom. The Labute approximate surface area is 167 Å². The van der Waals surface area contributed by atoms with Gasteiger partial charge in [0.15, 0.2) is 0 Å². The van der Waals surface area contributed by atoms with Crippen molar-refractivity contribution in [2.45, 2.75) is 59.7 Å². The van der Waals surface area contributed by atoms with E-state index < -0.39 is 6.10 Å². The van der Waals surface area contributed by atoms with E-state index in [9.17, 15) is 4.79 Å². The molecule has 3 rings (SSSR count). The molecule has 0 aromatic carbocycles. The average Bonchev–Trinajstić information content (AvgIpc) is 3.33. The molecular formula is C18H25BrN6O2. The van der Waals surface area contributed by atoms with Crippen LogP contribution in [0.25, 0.3) is 0 Å². The summed E-state index contributed by atoms with van der Waals surface area (Å²) in [6.45, 7) is 10.1. The number of amides is 1. The van der Waals surface area contributed by atoms with Crippen molar-refractivity contribution >= 4 is 27.5 Å². The minimum absolute atomic E-state index is 0.135. The Balaban J connectivity index is 1.46. The van der Waals surface area contributed by atoms with Gasteiger partial charge in [0.05, 0.1) is 21.6 Å². The summed E-state index contributed by atoms with van der Waals surface area (Å²) in [5, 5.41) is 15.9. The van der Waals surface area contributed by atoms with Gasteiger partial charge in [0.1, 0.15) is 0 Å². The zero-order valence-corrected chi connectivity index (χ0v) is 17.7. The highest BCUT2D eigenvalue weighted by Gasteiger charge is 2.30. The first kappa shape index (κ1) is 19.6. The number of aryl methyl sites for hydroxylation is 4. The number of hydrogen-bond donors (Lipinski definition) is 1. The number of nitrogens with zero attached hydrogens (tertiary/aromatic N) is 5. The molecule has 1 N–H and O–H groups in total. The van der Waals surface area contributed by atoms with Crippen molar-refractivity contribution in [3.05, 3.63) is 33.3 Å². The number of halogens is 1. The van der Waals surface area contributed by atoms with E-state index in [1.54, 1.807) is 0 Å². The van der Waals surface area contributed by atoms with Gasteiger partial charge in [0.2, 0.25) is 6.10 Å². The average molecular weight is 437 g/mol. The maximum absolute atomic E-state index is 12.3. The summed E-state index contributed by atoms with van der Waals surface area (Å²) in [4.78, 5) is 17.7. The van der Waals surface area contributed by atoms with Crippen LogP contribution in [0.3, 0.4) is 0 Å². The molecule has 1 aliphatic heterocycles. The van der Waals surface area contributed by atoms with Gasteiger partial charge in [0, 0.05) is 43.5 Å². The monoisotopic (exact) mass is 436 g/mol. The third-order valence-electron chi connectivity index (χ3n) is 4.68. The van der Waals surface area contributed by atoms with Gasteiger partial charge in [-0.1, -0.05) is 5.16 Å². The lowest BCUT2D eigenvalue weighted by atomic mass is 10.1. The molecule has 27 heavy (non-hydrogen) atoms. The Kier molecular flexibility index (Phi) is 5.98. The number of aromatic nitrogens is 4. The number of nitrogens with one attached hydrogen (secondary N) is 1. The summed E-state index contributed by atoms with van der Waals surface area (Å²) >= 11 is 3.52. The fourth-order valence-electron chi connectivity index (χ4n) is 3.09. The summed E-state index contributed by atoms with van der Waals surface area (Å²) in [5.74, 6) is -0.135. The first-order chi connectivity index (χ1) is 12.9. The topological polar surface area (TPSA) is 86.3 Å². The number of rotatable bonds is 7. The highest BCUT2D eigenvalue weighted by atomic mass is 79.9. The van der Waals surface area contributed by atoms with E-state index in [1.807, 2.05) is 43.3 Å². The van der Waals surface area contributed by atoms with Crippen LogP contribution in [-0.4, -0.2) is 43.8 Å². The highest BCUT2D eigenvalue weighted by molar-refractivity contribution is 9.10. The van der Waals surface area contributed by atoms with Crippen LogP contribution in [0.5, 0.6) is 0 Å². The predicted molar refractivity (Wildman–Crippen MR) is 106 cm³/mol. The molecular weight excluding hydrogens is 412 g/mol. The second-order valence-corrected chi connectivity index (χ2v) is 7.47. The molecule has 0 radical (unpaired) electrons. The molecule has 1 amide bonds. The van der Waals surface area contributed by atoms with Crippen LogP contribution >= 0.6 is 15.9 Å². The van der Waals surface area contributed by atoms with E-state index in [4.69, 9.17) is 4.84 Å². The lowest BCUT2D eigenvalue weighted by molar-refractivity contribution is -0.131. The van der Waals surface area contributed by atoms with E-state index in [0.717, 1.165) is 52.3 Å². The summed E-state index contributed by atoms with van der Waals surface area (Å²) in [7, 11) is 0. The van der Waals surface area contributed by atoms with Gasteiger partial charge in [-0.3, -0.25) is 14.2 Å². The van der Waals surface area contributed by atoms with Gasteiger partial charge in [-0.15, -0.1) is 0 Å². The highest BCUT2D eigenvalue weighted by Crippen LogP contribution is 2.20. The fourth-order valence-corrected chi connectivity index (χ4v) is 3.37. The maximum atomic E-state index is 12.3. The van der Waals surface area contributed by atoms with Crippen molar-refractivity contribution < 1.29 is 9.63 Å². The zero-order valence-electron chi connectivity index (χ0n) is 16.1. The molecule has 0 bridgehead atoms. The van der Waals surface area contributed by atoms with Crippen molar-refractivity contribution in [2.24, 2.45) is 5.16 Å². The first-order valence-corrected chi connectivity index (χ1v) is 9.94. The van der Waals surface area contributed by atoms with Gasteiger partial charge >= 0.3 is 0 Å². The first-order valence-electron chi connectivity index (χ1n) is 9.15. The van der Waals surface area contributed by atoms with Crippen LogP contribution < -0.4 is 5.32 Å². The summed E-state index contributed by atoms with van der Waals surface area (Å²) in [6, 6.07) is 0. The maximum Gasteiger partial charge on any atom is 0.264 e. The third-order valence-corrected chi connectivity index (χ3v) is 5.83. The van der Waals surface area contributed by atoms with Crippen LogP contribution in [-0.2, 0) is 22.7 Å². The van der Waals surface area contributed by atoms with Crippen LogP contribution in [0.15, 0.2) is 15.8 Å². The predicted octanol–water partition coefficient (Wildman–Crippen LogP) is 2.49. The Morgan fingerprint density at radius 2 is 2.11 bits per heavy atom. The third kappa shape index (κ3) is 4.23. The second-order valence-electron chi connectivity index (χ2n) is 6.67. The standard InChI is InChI=1S/C18H25BrN6O2/c1-5-24-10-14(11(2)21-24)15-9-16(27-23-15)18(26)20-7-6-8-25-13(4)17(19)12(3)22-25/h10,16H,5-9H2,1-4H3,(H,20,26). The van der Waals surface area contributed by atoms with Crippen molar-refractivity contribution in [3.63, 3.8) is 0 Å². The minimum atomic E-state index is -0.577. The van der Waals surface area contributed by atoms with Crippen LogP contribution in [0.1, 0.15) is 42.4 Å². The molecule has 0 fully saturated rings. The minimum Gasteiger partial charge on any atom is -0.382 e. The smallest absolute Gasteiger partial charge is 0.264 e. The van der Waals surface area contributed by atoms with Crippen molar-refractivity contribution in [1.82, 2.24) is 24.9 Å². The van der Waals surface area contributed by atoms with E-state index in [0.29, 0.717) is 13.0 Å². The normalized spacial score (nSPS) is 16.3. The fraction of sp³-hybridized carbons (Fsp3) is 0.556. The molecule has 2 aromatic rings. The molecule has 0 saturated carbocycles. The molecule has 9 heteroatoms. The Hall–Kier alpha value is -2.16. The molecule has 8 nitrogen and oxygen atoms in total. The Bertz CT molecular complexity index is 870. The number of oxime groups is 1. The van der Waals surface area contributed by atoms with Gasteiger partial charge in [-0.25, -0.2) is 0 Å². The molecule has 3 heterocycles. The quantitative estimate of drug-likeness (QED) is 0.675. The number of carbonyl (C=O) groups excluding carboxylic acids is 1. The Morgan fingerprint density at radius 1 is 1.33 bits per heavy atom. The zero-order chi connectivity index (χ0) is 19.6.